The molecule has 2 fully saturated rings. The summed E-state index contributed by atoms with van der Waals surface area (Å²) in [5.41, 5.74) is 1.62. The maximum absolute atomic E-state index is 13.6. The van der Waals surface area contributed by atoms with Gasteiger partial charge in [-0.25, -0.2) is 27.2 Å². The van der Waals surface area contributed by atoms with Crippen molar-refractivity contribution in [3.63, 3.8) is 0 Å². The largest absolute Gasteiger partial charge is 0.465 e. The smallest absolute Gasteiger partial charge is 0.407 e. The molecule has 12 heteroatoms. The predicted octanol–water partition coefficient (Wildman–Crippen LogP) is 5.69. The highest BCUT2D eigenvalue weighted by Gasteiger charge is 2.27. The van der Waals surface area contributed by atoms with Gasteiger partial charge in [-0.3, -0.25) is 0 Å². The van der Waals surface area contributed by atoms with E-state index in [2.05, 4.69) is 15.6 Å². The molecule has 1 aliphatic heterocycles. The molecule has 1 saturated carbocycles. The first kappa shape index (κ1) is 29.4. The number of nitrogens with one attached hydrogen (secondary N) is 2. The van der Waals surface area contributed by atoms with E-state index in [4.69, 9.17) is 16.6 Å². The van der Waals surface area contributed by atoms with Gasteiger partial charge < -0.3 is 20.6 Å². The number of fused-ring (bicyclic) bond motifs is 1. The maximum atomic E-state index is 13.6. The molecule has 1 amide bonds. The average molecular weight is 623 g/mol. The lowest BCUT2D eigenvalue weighted by atomic mass is 9.90. The van der Waals surface area contributed by atoms with E-state index in [-0.39, 0.29) is 10.9 Å². The maximum Gasteiger partial charge on any atom is 0.407 e. The van der Waals surface area contributed by atoms with Crippen LogP contribution in [0.15, 0.2) is 71.9 Å². The van der Waals surface area contributed by atoms with Crippen LogP contribution < -0.4 is 10.6 Å². The normalized spacial score (nSPS) is 19.9. The number of hydrogen-bond donors (Lipinski definition) is 3. The highest BCUT2D eigenvalue weighted by Crippen LogP contribution is 2.36. The van der Waals surface area contributed by atoms with Crippen molar-refractivity contribution in [2.75, 3.05) is 25.0 Å². The predicted molar refractivity (Wildman–Crippen MR) is 167 cm³/mol. The topological polar surface area (TPSA) is 129 Å². The molecule has 0 bridgehead atoms. The van der Waals surface area contributed by atoms with Gasteiger partial charge in [-0.15, -0.1) is 0 Å². The van der Waals surface area contributed by atoms with Crippen molar-refractivity contribution in [2.24, 2.45) is 5.92 Å². The number of anilines is 1. The number of carboxylic acid groups (broad SMARTS) is 1. The Bertz CT molecular complexity index is 1710. The monoisotopic (exact) mass is 622 g/mol. The third-order valence-electron chi connectivity index (χ3n) is 8.56. The van der Waals surface area contributed by atoms with Gasteiger partial charge in [0.2, 0.25) is 5.95 Å². The van der Waals surface area contributed by atoms with Gasteiger partial charge in [-0.2, -0.15) is 0 Å². The van der Waals surface area contributed by atoms with E-state index in [0.717, 1.165) is 50.5 Å². The average Bonchev–Trinajstić information content (AvgIpc) is 3.42. The first-order chi connectivity index (χ1) is 20.8. The zero-order valence-electron chi connectivity index (χ0n) is 23.7. The summed E-state index contributed by atoms with van der Waals surface area (Å²) in [6.07, 6.45) is 8.17. The Kier molecular flexibility index (Phi) is 8.56. The highest BCUT2D eigenvalue weighted by molar-refractivity contribution is 7.90. The van der Waals surface area contributed by atoms with Crippen LogP contribution in [0.3, 0.4) is 0 Å². The fourth-order valence-corrected chi connectivity index (χ4v) is 7.80. The van der Waals surface area contributed by atoms with Crippen molar-refractivity contribution in [1.82, 2.24) is 24.2 Å². The Morgan fingerprint density at radius 1 is 1.00 bits per heavy atom. The van der Waals surface area contributed by atoms with Gasteiger partial charge in [0.15, 0.2) is 0 Å². The number of amides is 1. The Hall–Kier alpha value is -3.67. The molecule has 0 spiro atoms. The second-order valence-electron chi connectivity index (χ2n) is 11.4. The minimum Gasteiger partial charge on any atom is -0.465 e. The van der Waals surface area contributed by atoms with Crippen LogP contribution in [0.1, 0.15) is 38.5 Å². The van der Waals surface area contributed by atoms with Gasteiger partial charge in [0, 0.05) is 42.3 Å². The van der Waals surface area contributed by atoms with E-state index in [1.165, 1.54) is 8.87 Å². The van der Waals surface area contributed by atoms with E-state index >= 15 is 0 Å². The second kappa shape index (κ2) is 12.5. The number of halogens is 1. The molecule has 2 aliphatic rings. The van der Waals surface area contributed by atoms with Crippen molar-refractivity contribution in [3.05, 3.63) is 72.0 Å². The van der Waals surface area contributed by atoms with Crippen LogP contribution in [-0.4, -0.2) is 70.2 Å². The van der Waals surface area contributed by atoms with Crippen molar-refractivity contribution in [1.29, 1.82) is 0 Å². The summed E-state index contributed by atoms with van der Waals surface area (Å²) in [7, 11) is -3.85. The fourth-order valence-electron chi connectivity index (χ4n) is 6.22. The van der Waals surface area contributed by atoms with Crippen LogP contribution in [0.4, 0.5) is 10.7 Å². The number of likely N-dealkylation sites (tertiary alicyclic amines) is 1. The lowest BCUT2D eigenvalue weighted by molar-refractivity contribution is 0.123. The van der Waals surface area contributed by atoms with Gasteiger partial charge in [-0.05, 0) is 69.2 Å². The fraction of sp³-hybridized carbons (Fsp3) is 0.387. The summed E-state index contributed by atoms with van der Waals surface area (Å²) < 4.78 is 28.5. The number of para-hydroxylation sites is 1. The quantitative estimate of drug-likeness (QED) is 0.228. The standard InChI is InChI=1S/C31H35ClN6O4S/c32-27-19-34-30(35-23-8-6-7-22(17-23)33-18-21-13-15-37(16-14-21)31(39)40)36-29(27)26-20-38(28-12-5-4-11-25(26)28)43(41,42)24-9-2-1-3-10-24/h1-5,9-12,19-23,33H,6-8,13-18H2,(H,39,40)(H,34,35,36)/t22-,23+/m0/s1. The third-order valence-corrected chi connectivity index (χ3v) is 10.5. The first-order valence-corrected chi connectivity index (χ1v) is 16.5. The summed E-state index contributed by atoms with van der Waals surface area (Å²) in [5.74, 6) is 0.938. The molecule has 3 N–H and O–H groups in total. The zero-order chi connectivity index (χ0) is 30.0. The van der Waals surface area contributed by atoms with Crippen LogP contribution in [-0.2, 0) is 10.0 Å². The highest BCUT2D eigenvalue weighted by atomic mass is 35.5. The second-order valence-corrected chi connectivity index (χ2v) is 13.6. The van der Waals surface area contributed by atoms with E-state index in [1.54, 1.807) is 48.8 Å². The molecule has 1 aliphatic carbocycles. The van der Waals surface area contributed by atoms with E-state index in [0.29, 0.717) is 52.8 Å². The molecule has 4 aromatic rings. The molecule has 1 saturated heterocycles. The number of carbonyl (C=O) groups is 1. The summed E-state index contributed by atoms with van der Waals surface area (Å²) >= 11 is 6.62. The van der Waals surface area contributed by atoms with E-state index in [1.807, 2.05) is 18.2 Å². The lowest BCUT2D eigenvalue weighted by Gasteiger charge is -2.34. The van der Waals surface area contributed by atoms with Crippen LogP contribution in [0, 0.1) is 5.92 Å². The summed E-state index contributed by atoms with van der Waals surface area (Å²) in [6.45, 7) is 2.09. The number of hydrogen-bond acceptors (Lipinski definition) is 7. The molecule has 226 valence electrons. The van der Waals surface area contributed by atoms with E-state index < -0.39 is 16.1 Å². The molecule has 2 aromatic carbocycles. The Morgan fingerprint density at radius 2 is 1.72 bits per heavy atom. The van der Waals surface area contributed by atoms with Crippen molar-refractivity contribution >= 4 is 44.6 Å². The molecule has 10 nitrogen and oxygen atoms in total. The molecule has 0 radical (unpaired) electrons. The van der Waals surface area contributed by atoms with Crippen molar-refractivity contribution in [3.8, 4) is 11.3 Å². The van der Waals surface area contributed by atoms with Gasteiger partial charge in [-0.1, -0.05) is 48.0 Å². The van der Waals surface area contributed by atoms with Gasteiger partial charge in [0.25, 0.3) is 10.0 Å². The number of piperidine rings is 1. The molecule has 3 heterocycles. The zero-order valence-corrected chi connectivity index (χ0v) is 25.3. The molecule has 2 aromatic heterocycles. The number of aromatic nitrogens is 3. The van der Waals surface area contributed by atoms with Crippen molar-refractivity contribution < 1.29 is 18.3 Å². The van der Waals surface area contributed by atoms with Gasteiger partial charge >= 0.3 is 6.09 Å². The minimum absolute atomic E-state index is 0.175. The minimum atomic E-state index is -3.85. The molecule has 43 heavy (non-hydrogen) atoms. The number of nitrogens with zero attached hydrogens (tertiary/aromatic N) is 4. The van der Waals surface area contributed by atoms with Crippen LogP contribution in [0.25, 0.3) is 22.2 Å². The number of benzene rings is 2. The van der Waals surface area contributed by atoms with E-state index in [9.17, 15) is 18.3 Å². The molecular formula is C31H35ClN6O4S. The van der Waals surface area contributed by atoms with Crippen LogP contribution in [0.2, 0.25) is 5.02 Å². The summed E-state index contributed by atoms with van der Waals surface area (Å²) in [4.78, 5) is 22.1. The Morgan fingerprint density at radius 3 is 2.49 bits per heavy atom. The molecule has 2 atom stereocenters. The molecular weight excluding hydrogens is 588 g/mol. The first-order valence-electron chi connectivity index (χ1n) is 14.7. The van der Waals surface area contributed by atoms with Gasteiger partial charge in [0.05, 0.1) is 27.3 Å². The summed E-state index contributed by atoms with van der Waals surface area (Å²) in [6, 6.07) is 16.2. The number of rotatable bonds is 8. The lowest BCUT2D eigenvalue weighted by Crippen LogP contribution is -2.44. The van der Waals surface area contributed by atoms with Gasteiger partial charge in [0.1, 0.15) is 0 Å². The SMILES string of the molecule is O=C(O)N1CCC(CN[C@H]2CCC[C@@H](Nc3ncc(Cl)c(-c4cn(S(=O)(=O)c5ccccc5)c5ccccc45)n3)C2)CC1. The third kappa shape index (κ3) is 6.34. The molecule has 0 unspecified atom stereocenters. The summed E-state index contributed by atoms with van der Waals surface area (Å²) in [5, 5.41) is 17.5. The Balaban J connectivity index is 1.18. The van der Waals surface area contributed by atoms with Crippen molar-refractivity contribution in [2.45, 2.75) is 55.5 Å². The molecule has 6 rings (SSSR count). The van der Waals surface area contributed by atoms with Crippen LogP contribution in [0.5, 0.6) is 0 Å². The van der Waals surface area contributed by atoms with Crippen LogP contribution >= 0.6 is 11.6 Å². The Labute approximate surface area is 256 Å².